The first-order chi connectivity index (χ1) is 35.1. The number of hydrogen-bond donors (Lipinski definition) is 7. The number of aliphatic imine (C=N–C) groups is 2. The number of nitrogens with one attached hydrogen (secondary N) is 2. The van der Waals surface area contributed by atoms with Gasteiger partial charge in [0.15, 0.2) is 23.9 Å². The van der Waals surface area contributed by atoms with Gasteiger partial charge in [-0.1, -0.05) is 24.3 Å². The number of aliphatic hydroxyl groups is 2. The van der Waals surface area contributed by atoms with Crippen LogP contribution in [0.2, 0.25) is 0 Å². The SMILES string of the molecule is COC(=O)[C@@H](O)CCONC1=N[C@@H](c2ccc(F)cc2-c2cccc(OC)n2)Cc2nc(N)nc(C)c21.COc1cccc(-c2cc(F)ccc2[C@H]2Cc3nc(N)nc(C)c3C(NOCC[C@H](O)C(=O)O)=N2)n1. The molecule has 382 valence electrons. The highest BCUT2D eigenvalue weighted by atomic mass is 19.1. The highest BCUT2D eigenvalue weighted by Gasteiger charge is 2.31. The highest BCUT2D eigenvalue weighted by Crippen LogP contribution is 2.38. The summed E-state index contributed by atoms with van der Waals surface area (Å²) in [5.74, 6) is -1.30. The second kappa shape index (κ2) is 23.7. The van der Waals surface area contributed by atoms with Crippen molar-refractivity contribution in [2.75, 3.05) is 46.0 Å². The zero-order chi connectivity index (χ0) is 52.3. The third-order valence-corrected chi connectivity index (χ3v) is 11.4. The van der Waals surface area contributed by atoms with E-state index in [-0.39, 0.29) is 38.0 Å². The molecular formula is C49H52F2N12O10. The van der Waals surface area contributed by atoms with E-state index in [4.69, 9.17) is 45.7 Å². The fourth-order valence-electron chi connectivity index (χ4n) is 8.03. The van der Waals surface area contributed by atoms with E-state index in [9.17, 15) is 28.6 Å². The molecule has 22 nitrogen and oxygen atoms in total. The van der Waals surface area contributed by atoms with Crippen LogP contribution in [-0.4, -0.2) is 116 Å². The minimum absolute atomic E-state index is 0.00405. The van der Waals surface area contributed by atoms with Crippen molar-refractivity contribution in [2.45, 2.75) is 63.8 Å². The summed E-state index contributed by atoms with van der Waals surface area (Å²) in [5, 5.41) is 28.1. The van der Waals surface area contributed by atoms with Crippen LogP contribution < -0.4 is 31.9 Å². The number of fused-ring (bicyclic) bond motifs is 2. The van der Waals surface area contributed by atoms with Crippen LogP contribution in [0.5, 0.6) is 11.8 Å². The number of carboxylic acids is 1. The van der Waals surface area contributed by atoms with Crippen LogP contribution in [0.25, 0.3) is 22.5 Å². The number of carbonyl (C=O) groups excluding carboxylic acids is 1. The van der Waals surface area contributed by atoms with Gasteiger partial charge in [0.25, 0.3) is 0 Å². The lowest BCUT2D eigenvalue weighted by atomic mass is 9.91. The van der Waals surface area contributed by atoms with Crippen LogP contribution in [0.15, 0.2) is 82.8 Å². The molecule has 2 aromatic carbocycles. The number of aliphatic carboxylic acids is 1. The number of carbonyl (C=O) groups is 2. The monoisotopic (exact) mass is 1010 g/mol. The molecule has 0 amide bonds. The fraction of sp³-hybridized carbons (Fsp3) is 0.306. The van der Waals surface area contributed by atoms with Gasteiger partial charge in [0.1, 0.15) is 11.6 Å². The smallest absolute Gasteiger partial charge is 0.334 e. The molecule has 24 heteroatoms. The molecule has 4 atom stereocenters. The van der Waals surface area contributed by atoms with Crippen LogP contribution in [0.1, 0.15) is 70.0 Å². The fourth-order valence-corrected chi connectivity index (χ4v) is 8.03. The van der Waals surface area contributed by atoms with Crippen molar-refractivity contribution in [3.63, 3.8) is 0 Å². The molecule has 0 unspecified atom stereocenters. The Balaban J connectivity index is 0.000000214. The Labute approximate surface area is 416 Å². The van der Waals surface area contributed by atoms with Gasteiger partial charge in [0, 0.05) is 48.9 Å². The molecule has 0 bridgehead atoms. The third-order valence-electron chi connectivity index (χ3n) is 11.4. The number of hydrogen-bond acceptors (Lipinski definition) is 21. The minimum Gasteiger partial charge on any atom is -0.481 e. The number of nitrogens with two attached hydrogens (primary N) is 2. The van der Waals surface area contributed by atoms with Crippen molar-refractivity contribution in [3.8, 4) is 34.3 Å². The molecule has 2 aliphatic rings. The number of hydroxylamine groups is 2. The second-order valence-electron chi connectivity index (χ2n) is 16.3. The normalized spacial score (nSPS) is 15.5. The van der Waals surface area contributed by atoms with Crippen LogP contribution in [-0.2, 0) is 36.8 Å². The topological polar surface area (TPSA) is 319 Å². The van der Waals surface area contributed by atoms with Crippen molar-refractivity contribution in [1.82, 2.24) is 40.9 Å². The number of aliphatic hydroxyl groups excluding tert-OH is 2. The molecule has 0 spiro atoms. The number of esters is 1. The predicted molar refractivity (Wildman–Crippen MR) is 260 cm³/mol. The van der Waals surface area contributed by atoms with E-state index in [0.717, 1.165) is 0 Å². The molecule has 0 saturated carbocycles. The summed E-state index contributed by atoms with van der Waals surface area (Å²) >= 11 is 0. The lowest BCUT2D eigenvalue weighted by Gasteiger charge is -2.26. The maximum atomic E-state index is 14.3. The van der Waals surface area contributed by atoms with E-state index in [1.54, 1.807) is 62.4 Å². The first-order valence-corrected chi connectivity index (χ1v) is 22.5. The van der Waals surface area contributed by atoms with E-state index in [1.807, 2.05) is 0 Å². The Morgan fingerprint density at radius 3 is 1.51 bits per heavy atom. The summed E-state index contributed by atoms with van der Waals surface area (Å²) in [6.45, 7) is 3.42. The molecule has 8 rings (SSSR count). The summed E-state index contributed by atoms with van der Waals surface area (Å²) in [7, 11) is 4.20. The molecule has 73 heavy (non-hydrogen) atoms. The van der Waals surface area contributed by atoms with Gasteiger partial charge in [0.05, 0.1) is 91.9 Å². The number of nitrogens with zero attached hydrogens (tertiary/aromatic N) is 8. The number of nitrogen functional groups attached to an aromatic ring is 2. The molecule has 0 fully saturated rings. The summed E-state index contributed by atoms with van der Waals surface area (Å²) in [6.07, 6.45) is -2.27. The van der Waals surface area contributed by atoms with E-state index in [0.29, 0.717) is 104 Å². The first kappa shape index (κ1) is 52.5. The Morgan fingerprint density at radius 2 is 1.10 bits per heavy atom. The van der Waals surface area contributed by atoms with Gasteiger partial charge < -0.3 is 41.0 Å². The Morgan fingerprint density at radius 1 is 0.658 bits per heavy atom. The lowest BCUT2D eigenvalue weighted by Crippen LogP contribution is -2.33. The number of aromatic nitrogens is 6. The summed E-state index contributed by atoms with van der Waals surface area (Å²) in [6, 6.07) is 18.3. The van der Waals surface area contributed by atoms with Crippen molar-refractivity contribution in [1.29, 1.82) is 0 Å². The highest BCUT2D eigenvalue weighted by molar-refractivity contribution is 6.02. The molecule has 4 aromatic heterocycles. The van der Waals surface area contributed by atoms with E-state index in [2.05, 4.69) is 45.6 Å². The average molecular weight is 1010 g/mol. The molecular weight excluding hydrogens is 955 g/mol. The number of rotatable bonds is 16. The number of ether oxygens (including phenoxy) is 3. The van der Waals surface area contributed by atoms with Gasteiger partial charge in [-0.15, -0.1) is 0 Å². The van der Waals surface area contributed by atoms with Crippen LogP contribution in [0.3, 0.4) is 0 Å². The molecule has 9 N–H and O–H groups in total. The number of pyridine rings is 2. The van der Waals surface area contributed by atoms with Crippen LogP contribution in [0.4, 0.5) is 20.7 Å². The first-order valence-electron chi connectivity index (χ1n) is 22.5. The van der Waals surface area contributed by atoms with E-state index >= 15 is 0 Å². The third kappa shape index (κ3) is 12.8. The van der Waals surface area contributed by atoms with Gasteiger partial charge in [-0.05, 0) is 61.4 Å². The van der Waals surface area contributed by atoms with Crippen LogP contribution in [0, 0.1) is 25.5 Å². The van der Waals surface area contributed by atoms with Crippen molar-refractivity contribution in [2.24, 2.45) is 9.98 Å². The number of methoxy groups -OCH3 is 3. The van der Waals surface area contributed by atoms with Crippen molar-refractivity contribution < 1.29 is 57.6 Å². The Bertz CT molecular complexity index is 3060. The average Bonchev–Trinajstić information content (AvgIpc) is 3.37. The Kier molecular flexibility index (Phi) is 17.1. The van der Waals surface area contributed by atoms with E-state index < -0.39 is 47.9 Å². The number of anilines is 2. The number of aryl methyl sites for hydroxylation is 2. The van der Waals surface area contributed by atoms with Gasteiger partial charge >= 0.3 is 11.9 Å². The standard InChI is InChI=1S/C25H27FN6O5.C24H25FN6O5/c1-13-22-19(31-25(27)28-13)12-18(30-23(22)32-37-10-9-20(33)24(34)36-3)15-8-7-14(26)11-16(15)17-5-4-6-21(29-17)35-2;1-12-21-18(30-24(26)27-12)11-17(29-22(21)31-36-9-8-19(32)23(33)34)14-7-6-13(25)10-15(14)16-4-3-5-20(28-16)35-2/h4-8,11,18,20,33H,9-10,12H2,1-3H3,(H,30,32)(H2,27,28,31);3-7,10,17,19,32H,8-9,11H2,1-2H3,(H,29,31)(H,33,34)(H2,26,27,30)/t18-,20+;17-,19+/m11/s1. The molecule has 0 radical (unpaired) electrons. The summed E-state index contributed by atoms with van der Waals surface area (Å²) in [5.41, 5.74) is 24.5. The molecule has 6 aromatic rings. The molecule has 2 aliphatic heterocycles. The van der Waals surface area contributed by atoms with Gasteiger partial charge in [-0.3, -0.25) is 19.7 Å². The summed E-state index contributed by atoms with van der Waals surface area (Å²) in [4.78, 5) is 69.0. The minimum atomic E-state index is -1.55. The maximum Gasteiger partial charge on any atom is 0.334 e. The van der Waals surface area contributed by atoms with E-state index in [1.165, 1.54) is 45.6 Å². The zero-order valence-electron chi connectivity index (χ0n) is 40.2. The van der Waals surface area contributed by atoms with Crippen LogP contribution >= 0.6 is 0 Å². The molecule has 0 saturated heterocycles. The number of benzene rings is 2. The van der Waals surface area contributed by atoms with Gasteiger partial charge in [-0.25, -0.2) is 59.2 Å². The predicted octanol–water partition coefficient (Wildman–Crippen LogP) is 4.04. The zero-order valence-corrected chi connectivity index (χ0v) is 40.2. The molecule has 0 aliphatic carbocycles. The van der Waals surface area contributed by atoms with Crippen molar-refractivity contribution in [3.05, 3.63) is 129 Å². The summed E-state index contributed by atoms with van der Waals surface area (Å²) < 4.78 is 43.6. The maximum absolute atomic E-state index is 14.3. The lowest BCUT2D eigenvalue weighted by molar-refractivity contribution is -0.151. The van der Waals surface area contributed by atoms with Crippen molar-refractivity contribution >= 4 is 35.5 Å². The molecule has 6 heterocycles. The largest absolute Gasteiger partial charge is 0.481 e. The Hall–Kier alpha value is -8.32. The van der Waals surface area contributed by atoms with Gasteiger partial charge in [0.2, 0.25) is 23.7 Å². The van der Waals surface area contributed by atoms with Gasteiger partial charge in [-0.2, -0.15) is 0 Å². The number of halogens is 2. The second-order valence-corrected chi connectivity index (χ2v) is 16.3. The quantitative estimate of drug-likeness (QED) is 0.0409. The number of amidine groups is 2. The number of carboxylic acid groups (broad SMARTS) is 1.